The molecule has 3 N–H and O–H groups in total. The Balaban J connectivity index is 2.07. The molecule has 2 atom stereocenters. The summed E-state index contributed by atoms with van der Waals surface area (Å²) in [5.41, 5.74) is 4.69. The Morgan fingerprint density at radius 2 is 1.93 bits per heavy atom. The Morgan fingerprint density at radius 3 is 2.43 bits per heavy atom. The number of rotatable bonds is 2. The smallest absolute Gasteiger partial charge is 0.109 e. The lowest BCUT2D eigenvalue weighted by atomic mass is 9.64. The highest BCUT2D eigenvalue weighted by molar-refractivity contribution is 4.97. The van der Waals surface area contributed by atoms with Gasteiger partial charge in [0.05, 0.1) is 0 Å². The van der Waals surface area contributed by atoms with Crippen molar-refractivity contribution in [3.8, 4) is 0 Å². The zero-order valence-electron chi connectivity index (χ0n) is 8.93. The molecule has 2 nitrogen and oxygen atoms in total. The Bertz CT molecular complexity index is 189. The molecule has 82 valence electrons. The summed E-state index contributed by atoms with van der Waals surface area (Å²) < 4.78 is 13.9. The molecule has 0 aromatic carbocycles. The molecule has 1 saturated heterocycles. The fourth-order valence-corrected chi connectivity index (χ4v) is 3.43. The molecule has 1 saturated carbocycles. The normalized spacial score (nSPS) is 47.8. The molecule has 1 aliphatic carbocycles. The van der Waals surface area contributed by atoms with E-state index in [2.05, 4.69) is 5.32 Å². The van der Waals surface area contributed by atoms with Gasteiger partial charge < -0.3 is 11.1 Å². The van der Waals surface area contributed by atoms with Gasteiger partial charge in [-0.25, -0.2) is 4.39 Å². The summed E-state index contributed by atoms with van der Waals surface area (Å²) in [6.45, 7) is 4.49. The van der Waals surface area contributed by atoms with Crippen LogP contribution in [0.25, 0.3) is 0 Å². The molecule has 0 spiro atoms. The van der Waals surface area contributed by atoms with Gasteiger partial charge in [-0.1, -0.05) is 0 Å². The summed E-state index contributed by atoms with van der Waals surface area (Å²) >= 11 is 0. The highest BCUT2D eigenvalue weighted by Crippen LogP contribution is 2.45. The van der Waals surface area contributed by atoms with E-state index >= 15 is 0 Å². The first-order chi connectivity index (χ1) is 6.62. The van der Waals surface area contributed by atoms with E-state index in [1.54, 1.807) is 6.92 Å². The molecule has 2 fully saturated rings. The quantitative estimate of drug-likeness (QED) is 0.705. The maximum absolute atomic E-state index is 13.9. The Kier molecular flexibility index (Phi) is 2.80. The van der Waals surface area contributed by atoms with Gasteiger partial charge in [0.1, 0.15) is 5.67 Å². The van der Waals surface area contributed by atoms with Crippen molar-refractivity contribution < 1.29 is 4.39 Å². The molecule has 0 aromatic rings. The van der Waals surface area contributed by atoms with Gasteiger partial charge in [0.2, 0.25) is 0 Å². The van der Waals surface area contributed by atoms with Crippen LogP contribution in [0.1, 0.15) is 26.2 Å². The average Bonchev–Trinajstić information content (AvgIpc) is 2.06. The second-order valence-corrected chi connectivity index (χ2v) is 5.24. The molecular formula is C11H21FN2. The zero-order valence-corrected chi connectivity index (χ0v) is 8.93. The molecule has 0 aromatic heterocycles. The monoisotopic (exact) mass is 200 g/mol. The summed E-state index contributed by atoms with van der Waals surface area (Å²) in [6.07, 6.45) is 2.52. The van der Waals surface area contributed by atoms with Gasteiger partial charge in [-0.3, -0.25) is 0 Å². The summed E-state index contributed by atoms with van der Waals surface area (Å²) in [5.74, 6) is 1.70. The highest BCUT2D eigenvalue weighted by Gasteiger charge is 2.45. The van der Waals surface area contributed by atoms with Crippen molar-refractivity contribution in [2.24, 2.45) is 23.5 Å². The van der Waals surface area contributed by atoms with Gasteiger partial charge in [0, 0.05) is 0 Å². The van der Waals surface area contributed by atoms with Gasteiger partial charge in [0.25, 0.3) is 0 Å². The number of alkyl halides is 1. The zero-order chi connectivity index (χ0) is 10.2. The Hall–Kier alpha value is -0.150. The van der Waals surface area contributed by atoms with Gasteiger partial charge in [-0.2, -0.15) is 0 Å². The maximum Gasteiger partial charge on any atom is 0.109 e. The molecule has 1 aliphatic heterocycles. The van der Waals surface area contributed by atoms with Crippen molar-refractivity contribution in [3.63, 3.8) is 0 Å². The lowest BCUT2D eigenvalue weighted by Gasteiger charge is -2.47. The van der Waals surface area contributed by atoms with Crippen LogP contribution in [-0.2, 0) is 0 Å². The van der Waals surface area contributed by atoms with Crippen LogP contribution < -0.4 is 11.1 Å². The first kappa shape index (κ1) is 10.4. The van der Waals surface area contributed by atoms with Crippen molar-refractivity contribution >= 4 is 0 Å². The summed E-state index contributed by atoms with van der Waals surface area (Å²) in [7, 11) is 0. The number of halogens is 1. The summed E-state index contributed by atoms with van der Waals surface area (Å²) in [4.78, 5) is 0. The lowest BCUT2D eigenvalue weighted by molar-refractivity contribution is -0.00856. The molecule has 0 radical (unpaired) electrons. The van der Waals surface area contributed by atoms with E-state index in [0.717, 1.165) is 38.9 Å². The largest absolute Gasteiger partial charge is 0.330 e. The van der Waals surface area contributed by atoms with Crippen LogP contribution in [0.3, 0.4) is 0 Å². The minimum absolute atomic E-state index is 0.515. The lowest BCUT2D eigenvalue weighted by Crippen LogP contribution is -2.52. The van der Waals surface area contributed by atoms with Crippen LogP contribution in [0.15, 0.2) is 0 Å². The van der Waals surface area contributed by atoms with Gasteiger partial charge >= 0.3 is 0 Å². The Morgan fingerprint density at radius 1 is 1.36 bits per heavy atom. The van der Waals surface area contributed by atoms with Crippen LogP contribution >= 0.6 is 0 Å². The molecule has 1 heterocycles. The van der Waals surface area contributed by atoms with Crippen molar-refractivity contribution in [3.05, 3.63) is 0 Å². The Labute approximate surface area is 85.4 Å². The predicted octanol–water partition coefficient (Wildman–Crippen LogP) is 1.31. The summed E-state index contributed by atoms with van der Waals surface area (Å²) in [5, 5.41) is 3.41. The molecule has 2 aliphatic rings. The fourth-order valence-electron chi connectivity index (χ4n) is 3.43. The SMILES string of the molecule is CC1(F)CC2CNCC(C1)C2CCN. The number of nitrogens with one attached hydrogen (secondary N) is 1. The molecule has 0 amide bonds. The number of hydrogen-bond donors (Lipinski definition) is 2. The van der Waals surface area contributed by atoms with E-state index in [1.807, 2.05) is 0 Å². The van der Waals surface area contributed by atoms with Crippen LogP contribution in [0.2, 0.25) is 0 Å². The molecular weight excluding hydrogens is 179 g/mol. The maximum atomic E-state index is 13.9. The second-order valence-electron chi connectivity index (χ2n) is 5.24. The molecule has 2 rings (SSSR count). The van der Waals surface area contributed by atoms with Crippen LogP contribution in [0, 0.1) is 17.8 Å². The highest BCUT2D eigenvalue weighted by atomic mass is 19.1. The minimum Gasteiger partial charge on any atom is -0.330 e. The van der Waals surface area contributed by atoms with Crippen molar-refractivity contribution in [1.29, 1.82) is 0 Å². The fraction of sp³-hybridized carbons (Fsp3) is 1.00. The van der Waals surface area contributed by atoms with E-state index in [1.165, 1.54) is 0 Å². The molecule has 3 heteroatoms. The van der Waals surface area contributed by atoms with Crippen LogP contribution in [0.4, 0.5) is 4.39 Å². The average molecular weight is 200 g/mol. The van der Waals surface area contributed by atoms with E-state index in [-0.39, 0.29) is 0 Å². The first-order valence-electron chi connectivity index (χ1n) is 5.72. The minimum atomic E-state index is -0.928. The van der Waals surface area contributed by atoms with Gasteiger partial charge in [-0.05, 0) is 63.6 Å². The predicted molar refractivity (Wildman–Crippen MR) is 55.8 cm³/mol. The molecule has 14 heavy (non-hydrogen) atoms. The number of fused-ring (bicyclic) bond motifs is 2. The number of piperidine rings is 1. The van der Waals surface area contributed by atoms with Crippen molar-refractivity contribution in [1.82, 2.24) is 5.32 Å². The van der Waals surface area contributed by atoms with Crippen LogP contribution in [-0.4, -0.2) is 25.3 Å². The standard InChI is InChI=1S/C11H21FN2/c1-11(12)4-8-6-14-7-9(5-11)10(8)2-3-13/h8-10,14H,2-7,13H2,1H3. The third kappa shape index (κ3) is 1.94. The molecule has 2 bridgehead atoms. The van der Waals surface area contributed by atoms with Crippen molar-refractivity contribution in [2.75, 3.05) is 19.6 Å². The van der Waals surface area contributed by atoms with E-state index in [4.69, 9.17) is 5.73 Å². The first-order valence-corrected chi connectivity index (χ1v) is 5.72. The summed E-state index contributed by atoms with van der Waals surface area (Å²) in [6, 6.07) is 0. The second kappa shape index (κ2) is 3.78. The molecule has 2 unspecified atom stereocenters. The van der Waals surface area contributed by atoms with E-state index in [0.29, 0.717) is 17.8 Å². The van der Waals surface area contributed by atoms with Crippen LogP contribution in [0.5, 0.6) is 0 Å². The van der Waals surface area contributed by atoms with E-state index in [9.17, 15) is 4.39 Å². The van der Waals surface area contributed by atoms with E-state index < -0.39 is 5.67 Å². The van der Waals surface area contributed by atoms with Crippen molar-refractivity contribution in [2.45, 2.75) is 31.9 Å². The third-order valence-corrected chi connectivity index (χ3v) is 3.90. The van der Waals surface area contributed by atoms with Gasteiger partial charge in [0.15, 0.2) is 0 Å². The third-order valence-electron chi connectivity index (χ3n) is 3.90. The topological polar surface area (TPSA) is 38.0 Å². The number of hydrogen-bond acceptors (Lipinski definition) is 2. The van der Waals surface area contributed by atoms with Gasteiger partial charge in [-0.15, -0.1) is 0 Å². The number of nitrogens with two attached hydrogens (primary N) is 1.